The Morgan fingerprint density at radius 3 is 2.94 bits per heavy atom. The van der Waals surface area contributed by atoms with Crippen molar-refractivity contribution in [2.24, 2.45) is 5.92 Å². The van der Waals surface area contributed by atoms with Crippen LogP contribution in [0, 0.1) is 5.92 Å². The number of hydrogen-bond acceptors (Lipinski definition) is 4. The molecule has 0 aromatic carbocycles. The number of hydrogen-bond donors (Lipinski definition) is 2. The fourth-order valence-corrected chi connectivity index (χ4v) is 3.79. The van der Waals surface area contributed by atoms with Gasteiger partial charge in [0.2, 0.25) is 5.91 Å². The summed E-state index contributed by atoms with van der Waals surface area (Å²) in [5, 5.41) is 12.5. The molecule has 2 N–H and O–H groups in total. The van der Waals surface area contributed by atoms with E-state index in [-0.39, 0.29) is 18.4 Å². The molecule has 2 heterocycles. The Bertz CT molecular complexity index is 251. The Morgan fingerprint density at radius 2 is 2.35 bits per heavy atom. The molecule has 0 aromatic heterocycles. The van der Waals surface area contributed by atoms with Gasteiger partial charge in [-0.3, -0.25) is 4.79 Å². The predicted molar refractivity (Wildman–Crippen MR) is 70.1 cm³/mol. The van der Waals surface area contributed by atoms with E-state index in [9.17, 15) is 4.79 Å². The van der Waals surface area contributed by atoms with Crippen molar-refractivity contribution in [3.8, 4) is 0 Å². The van der Waals surface area contributed by atoms with Gasteiger partial charge in [-0.05, 0) is 31.6 Å². The van der Waals surface area contributed by atoms with Gasteiger partial charge in [0.05, 0.1) is 6.61 Å². The fourth-order valence-electron chi connectivity index (χ4n) is 2.58. The van der Waals surface area contributed by atoms with Crippen LogP contribution in [0.2, 0.25) is 0 Å². The lowest BCUT2D eigenvalue weighted by Crippen LogP contribution is -2.45. The lowest BCUT2D eigenvalue weighted by molar-refractivity contribution is -0.135. The zero-order chi connectivity index (χ0) is 12.1. The van der Waals surface area contributed by atoms with Crippen molar-refractivity contribution in [1.82, 2.24) is 10.2 Å². The molecule has 2 rings (SSSR count). The second-order valence-corrected chi connectivity index (χ2v) is 6.01. The molecule has 2 saturated heterocycles. The summed E-state index contributed by atoms with van der Waals surface area (Å²) in [6, 6.07) is 0.430. The molecule has 2 fully saturated rings. The van der Waals surface area contributed by atoms with E-state index in [0.717, 1.165) is 37.4 Å². The van der Waals surface area contributed by atoms with E-state index in [1.165, 1.54) is 6.42 Å². The maximum atomic E-state index is 12.3. The highest BCUT2D eigenvalue weighted by atomic mass is 32.2. The summed E-state index contributed by atoms with van der Waals surface area (Å²) in [6.45, 7) is 2.38. The van der Waals surface area contributed by atoms with Crippen LogP contribution >= 0.6 is 11.8 Å². The van der Waals surface area contributed by atoms with Crippen molar-refractivity contribution in [1.29, 1.82) is 0 Å². The van der Waals surface area contributed by atoms with Gasteiger partial charge in [0, 0.05) is 30.8 Å². The number of rotatable bonds is 5. The Labute approximate surface area is 107 Å². The number of nitrogens with one attached hydrogen (secondary N) is 1. The topological polar surface area (TPSA) is 52.6 Å². The van der Waals surface area contributed by atoms with Crippen molar-refractivity contribution in [3.05, 3.63) is 0 Å². The maximum absolute atomic E-state index is 12.3. The number of carbonyl (C=O) groups is 1. The van der Waals surface area contributed by atoms with Gasteiger partial charge in [0.25, 0.3) is 0 Å². The molecule has 5 heteroatoms. The lowest BCUT2D eigenvalue weighted by atomic mass is 10.1. The van der Waals surface area contributed by atoms with Crippen LogP contribution < -0.4 is 5.32 Å². The first-order chi connectivity index (χ1) is 8.31. The smallest absolute Gasteiger partial charge is 0.226 e. The molecule has 0 spiro atoms. The molecule has 0 radical (unpaired) electrons. The molecule has 2 aliphatic rings. The average molecular weight is 258 g/mol. The minimum Gasteiger partial charge on any atom is -0.395 e. The van der Waals surface area contributed by atoms with Gasteiger partial charge in [-0.2, -0.15) is 11.8 Å². The minimum atomic E-state index is 0.0678. The Hall–Kier alpha value is -0.260. The molecule has 2 unspecified atom stereocenters. The van der Waals surface area contributed by atoms with Crippen LogP contribution in [0.4, 0.5) is 0 Å². The van der Waals surface area contributed by atoms with Crippen molar-refractivity contribution in [2.45, 2.75) is 25.3 Å². The Kier molecular flexibility index (Phi) is 5.13. The molecule has 0 aromatic rings. The van der Waals surface area contributed by atoms with Gasteiger partial charge >= 0.3 is 0 Å². The monoisotopic (exact) mass is 258 g/mol. The molecule has 0 bridgehead atoms. The summed E-state index contributed by atoms with van der Waals surface area (Å²) >= 11 is 1.86. The van der Waals surface area contributed by atoms with Gasteiger partial charge in [-0.15, -0.1) is 0 Å². The summed E-state index contributed by atoms with van der Waals surface area (Å²) in [5.74, 6) is 2.50. The Morgan fingerprint density at radius 1 is 1.47 bits per heavy atom. The molecule has 1 amide bonds. The number of nitrogens with zero attached hydrogens (tertiary/aromatic N) is 1. The molecule has 2 aliphatic heterocycles. The summed E-state index contributed by atoms with van der Waals surface area (Å²) in [6.07, 6.45) is 3.35. The first kappa shape index (κ1) is 13.2. The zero-order valence-electron chi connectivity index (χ0n) is 10.2. The summed E-state index contributed by atoms with van der Waals surface area (Å²) in [4.78, 5) is 14.2. The van der Waals surface area contributed by atoms with Crippen molar-refractivity contribution >= 4 is 17.7 Å². The number of carbonyl (C=O) groups excluding carboxylic acids is 1. The summed E-state index contributed by atoms with van der Waals surface area (Å²) < 4.78 is 0. The standard InChI is InChI=1S/C12H22N2O2S/c15-6-5-14(8-11-2-1-4-13-11)12(16)10-3-7-17-9-10/h10-11,13,15H,1-9H2. The highest BCUT2D eigenvalue weighted by Crippen LogP contribution is 2.25. The number of thioether (sulfide) groups is 1. The zero-order valence-corrected chi connectivity index (χ0v) is 11.0. The van der Waals surface area contributed by atoms with Gasteiger partial charge in [-0.25, -0.2) is 0 Å². The number of aliphatic hydroxyl groups is 1. The normalized spacial score (nSPS) is 28.5. The second-order valence-electron chi connectivity index (χ2n) is 4.86. The highest BCUT2D eigenvalue weighted by molar-refractivity contribution is 7.99. The quantitative estimate of drug-likeness (QED) is 0.745. The van der Waals surface area contributed by atoms with E-state index >= 15 is 0 Å². The van der Waals surface area contributed by atoms with E-state index in [4.69, 9.17) is 5.11 Å². The van der Waals surface area contributed by atoms with E-state index in [2.05, 4.69) is 5.32 Å². The third-order valence-corrected chi connectivity index (χ3v) is 4.73. The average Bonchev–Trinajstić information content (AvgIpc) is 3.00. The highest BCUT2D eigenvalue weighted by Gasteiger charge is 2.29. The van der Waals surface area contributed by atoms with Crippen LogP contribution in [0.15, 0.2) is 0 Å². The van der Waals surface area contributed by atoms with Crippen molar-refractivity contribution in [3.63, 3.8) is 0 Å². The van der Waals surface area contributed by atoms with Gasteiger partial charge in [-0.1, -0.05) is 0 Å². The molecule has 17 heavy (non-hydrogen) atoms. The molecule has 0 saturated carbocycles. The van der Waals surface area contributed by atoms with Crippen LogP contribution in [0.1, 0.15) is 19.3 Å². The van der Waals surface area contributed by atoms with E-state index < -0.39 is 0 Å². The first-order valence-electron chi connectivity index (χ1n) is 6.52. The largest absolute Gasteiger partial charge is 0.395 e. The van der Waals surface area contributed by atoms with Crippen molar-refractivity contribution < 1.29 is 9.90 Å². The molecule has 0 aliphatic carbocycles. The molecule has 4 nitrogen and oxygen atoms in total. The van der Waals surface area contributed by atoms with Gasteiger partial charge < -0.3 is 15.3 Å². The van der Waals surface area contributed by atoms with Crippen LogP contribution in [-0.2, 0) is 4.79 Å². The number of aliphatic hydroxyl groups excluding tert-OH is 1. The van der Waals surface area contributed by atoms with E-state index in [1.54, 1.807) is 0 Å². The molecule has 2 atom stereocenters. The first-order valence-corrected chi connectivity index (χ1v) is 7.67. The predicted octanol–water partition coefficient (Wildman–Crippen LogP) is 0.312. The molecule has 98 valence electrons. The lowest BCUT2D eigenvalue weighted by Gasteiger charge is -2.27. The second kappa shape index (κ2) is 6.61. The van der Waals surface area contributed by atoms with Crippen LogP contribution in [0.5, 0.6) is 0 Å². The molecular formula is C12H22N2O2S. The van der Waals surface area contributed by atoms with Crippen LogP contribution in [0.25, 0.3) is 0 Å². The Balaban J connectivity index is 1.87. The maximum Gasteiger partial charge on any atom is 0.226 e. The fraction of sp³-hybridized carbons (Fsp3) is 0.917. The SMILES string of the molecule is O=C(C1CCSC1)N(CCO)CC1CCCN1. The third-order valence-electron chi connectivity index (χ3n) is 3.56. The summed E-state index contributed by atoms with van der Waals surface area (Å²) in [7, 11) is 0. The van der Waals surface area contributed by atoms with Gasteiger partial charge in [0.1, 0.15) is 0 Å². The third kappa shape index (κ3) is 3.60. The number of amides is 1. The van der Waals surface area contributed by atoms with Crippen molar-refractivity contribution in [2.75, 3.05) is 37.7 Å². The van der Waals surface area contributed by atoms with Crippen LogP contribution in [0.3, 0.4) is 0 Å². The van der Waals surface area contributed by atoms with E-state index in [1.807, 2.05) is 16.7 Å². The summed E-state index contributed by atoms with van der Waals surface area (Å²) in [5.41, 5.74) is 0. The molecular weight excluding hydrogens is 236 g/mol. The van der Waals surface area contributed by atoms with E-state index in [0.29, 0.717) is 12.6 Å². The van der Waals surface area contributed by atoms with Gasteiger partial charge in [0.15, 0.2) is 0 Å². The minimum absolute atomic E-state index is 0.0678. The van der Waals surface area contributed by atoms with Crippen LogP contribution in [-0.4, -0.2) is 59.7 Å².